The fourth-order valence-corrected chi connectivity index (χ4v) is 4.71. The Balaban J connectivity index is 1.30. The number of piperazine rings is 1. The zero-order valence-corrected chi connectivity index (χ0v) is 22.0. The van der Waals surface area contributed by atoms with Crippen molar-refractivity contribution in [2.24, 2.45) is 7.05 Å². The Labute approximate surface area is 228 Å². The number of alkyl halides is 3. The lowest BCUT2D eigenvalue weighted by Crippen LogP contribution is -2.44. The number of aryl methyl sites for hydroxylation is 1. The number of nitrogens with two attached hydrogens (primary N) is 2. The van der Waals surface area contributed by atoms with Crippen LogP contribution in [0.5, 0.6) is 0 Å². The van der Waals surface area contributed by atoms with Crippen LogP contribution < -0.4 is 22.1 Å². The van der Waals surface area contributed by atoms with Gasteiger partial charge in [0.1, 0.15) is 5.82 Å². The molecule has 0 unspecified atom stereocenters. The van der Waals surface area contributed by atoms with Crippen molar-refractivity contribution in [1.29, 1.82) is 0 Å². The van der Waals surface area contributed by atoms with Crippen molar-refractivity contribution in [2.45, 2.75) is 12.7 Å². The summed E-state index contributed by atoms with van der Waals surface area (Å²) in [6.45, 7) is 3.17. The second-order valence-corrected chi connectivity index (χ2v) is 9.77. The molecule has 5 rings (SSSR count). The van der Waals surface area contributed by atoms with Crippen molar-refractivity contribution in [3.8, 4) is 11.3 Å². The van der Waals surface area contributed by atoms with Crippen molar-refractivity contribution >= 4 is 40.2 Å². The van der Waals surface area contributed by atoms with Gasteiger partial charge in [-0.15, -0.1) is 0 Å². The minimum atomic E-state index is -4.56. The topological polar surface area (TPSA) is 143 Å². The van der Waals surface area contributed by atoms with E-state index in [-0.39, 0.29) is 35.4 Å². The number of carbonyl (C=O) groups is 1. The molecule has 0 aliphatic carbocycles. The van der Waals surface area contributed by atoms with Gasteiger partial charge in [0, 0.05) is 62.5 Å². The Morgan fingerprint density at radius 2 is 1.73 bits per heavy atom. The van der Waals surface area contributed by atoms with Crippen molar-refractivity contribution in [2.75, 3.05) is 55.3 Å². The molecular formula is C26H29F3N10O. The summed E-state index contributed by atoms with van der Waals surface area (Å²) >= 11 is 0. The van der Waals surface area contributed by atoms with E-state index < -0.39 is 17.8 Å². The fourth-order valence-electron chi connectivity index (χ4n) is 4.71. The molecule has 4 aromatic rings. The van der Waals surface area contributed by atoms with E-state index in [1.54, 1.807) is 36.0 Å². The molecule has 1 aliphatic heterocycles. The number of nitrogen functional groups attached to an aromatic ring is 2. The highest BCUT2D eigenvalue weighted by Gasteiger charge is 2.34. The van der Waals surface area contributed by atoms with E-state index in [2.05, 4.69) is 30.6 Å². The highest BCUT2D eigenvalue weighted by Crippen LogP contribution is 2.35. The number of nitrogens with zero attached hydrogens (tertiary/aromatic N) is 6. The molecule has 0 bridgehead atoms. The zero-order valence-electron chi connectivity index (χ0n) is 22.0. The van der Waals surface area contributed by atoms with Crippen LogP contribution in [0.4, 0.5) is 41.2 Å². The van der Waals surface area contributed by atoms with Crippen LogP contribution in [0.15, 0.2) is 42.5 Å². The Hall–Kier alpha value is -4.43. The fraction of sp³-hybridized carbons (Fsp3) is 0.308. The summed E-state index contributed by atoms with van der Waals surface area (Å²) in [5.41, 5.74) is 13.0. The molecule has 40 heavy (non-hydrogen) atoms. The predicted octanol–water partition coefficient (Wildman–Crippen LogP) is 3.60. The molecule has 2 amide bonds. The Morgan fingerprint density at radius 3 is 2.45 bits per heavy atom. The highest BCUT2D eigenvalue weighted by atomic mass is 19.4. The quantitative estimate of drug-likeness (QED) is 0.293. The molecule has 0 atom stereocenters. The molecule has 1 saturated heterocycles. The average molecular weight is 555 g/mol. The van der Waals surface area contributed by atoms with E-state index in [1.807, 2.05) is 11.9 Å². The van der Waals surface area contributed by atoms with E-state index in [0.717, 1.165) is 24.7 Å². The van der Waals surface area contributed by atoms with Gasteiger partial charge in [-0.25, -0.2) is 9.78 Å². The second-order valence-electron chi connectivity index (χ2n) is 9.77. The maximum absolute atomic E-state index is 13.9. The number of hydrogen-bond donors (Lipinski definition) is 4. The molecule has 0 radical (unpaired) electrons. The van der Waals surface area contributed by atoms with Crippen LogP contribution in [-0.2, 0) is 19.8 Å². The van der Waals surface area contributed by atoms with Gasteiger partial charge in [-0.1, -0.05) is 12.1 Å². The molecular weight excluding hydrogens is 525 g/mol. The Morgan fingerprint density at radius 1 is 0.975 bits per heavy atom. The van der Waals surface area contributed by atoms with Crippen molar-refractivity contribution in [1.82, 2.24) is 29.5 Å². The number of likely N-dealkylation sites (N-methyl/N-ethyl adjacent to an activating group) is 1. The summed E-state index contributed by atoms with van der Waals surface area (Å²) in [4.78, 5) is 25.0. The van der Waals surface area contributed by atoms with Crippen molar-refractivity contribution in [3.63, 3.8) is 0 Å². The van der Waals surface area contributed by atoms with Crippen LogP contribution in [0, 0.1) is 0 Å². The third kappa shape index (κ3) is 5.92. The molecule has 6 N–H and O–H groups in total. The van der Waals surface area contributed by atoms with Gasteiger partial charge in [0.25, 0.3) is 0 Å². The van der Waals surface area contributed by atoms with Crippen LogP contribution in [0.1, 0.15) is 11.1 Å². The first kappa shape index (κ1) is 27.1. The van der Waals surface area contributed by atoms with Gasteiger partial charge in [0.05, 0.1) is 16.8 Å². The van der Waals surface area contributed by atoms with Gasteiger partial charge >= 0.3 is 12.2 Å². The maximum atomic E-state index is 13.9. The minimum absolute atomic E-state index is 0.0207. The van der Waals surface area contributed by atoms with E-state index in [1.165, 1.54) is 12.1 Å². The normalized spacial score (nSPS) is 14.9. The molecule has 1 fully saturated rings. The number of fused-ring (bicyclic) bond motifs is 1. The lowest BCUT2D eigenvalue weighted by atomic mass is 10.0. The number of nitrogens with one attached hydrogen (secondary N) is 2. The van der Waals surface area contributed by atoms with Gasteiger partial charge in [-0.05, 0) is 36.9 Å². The lowest BCUT2D eigenvalue weighted by Gasteiger charge is -2.33. The number of aromatic nitrogens is 4. The lowest BCUT2D eigenvalue weighted by molar-refractivity contribution is -0.138. The van der Waals surface area contributed by atoms with E-state index in [4.69, 9.17) is 11.5 Å². The summed E-state index contributed by atoms with van der Waals surface area (Å²) in [6.07, 6.45) is -4.56. The average Bonchev–Trinajstić information content (AvgIpc) is 3.25. The monoisotopic (exact) mass is 554 g/mol. The van der Waals surface area contributed by atoms with Gasteiger partial charge in [-0.3, -0.25) is 14.9 Å². The van der Waals surface area contributed by atoms with Crippen LogP contribution >= 0.6 is 0 Å². The molecule has 3 heterocycles. The molecule has 0 saturated carbocycles. The minimum Gasteiger partial charge on any atom is -0.383 e. The van der Waals surface area contributed by atoms with Gasteiger partial charge < -0.3 is 21.7 Å². The predicted molar refractivity (Wildman–Crippen MR) is 147 cm³/mol. The van der Waals surface area contributed by atoms with E-state index >= 15 is 0 Å². The Bertz CT molecular complexity index is 1560. The largest absolute Gasteiger partial charge is 0.416 e. The summed E-state index contributed by atoms with van der Waals surface area (Å²) in [5, 5.41) is 9.97. The highest BCUT2D eigenvalue weighted by molar-refractivity contribution is 5.99. The van der Waals surface area contributed by atoms with Gasteiger partial charge in [0.2, 0.25) is 5.95 Å². The number of hydrogen-bond acceptors (Lipinski definition) is 8. The molecule has 11 nitrogen and oxygen atoms in total. The smallest absolute Gasteiger partial charge is 0.383 e. The molecule has 2 aromatic heterocycles. The Kier molecular flexibility index (Phi) is 7.21. The van der Waals surface area contributed by atoms with E-state index in [0.29, 0.717) is 29.7 Å². The molecule has 0 spiro atoms. The third-order valence-electron chi connectivity index (χ3n) is 6.82. The summed E-state index contributed by atoms with van der Waals surface area (Å²) in [6, 6.07) is 10.1. The van der Waals surface area contributed by atoms with Crippen molar-refractivity contribution < 1.29 is 18.0 Å². The zero-order chi connectivity index (χ0) is 28.6. The number of amides is 2. The number of halogens is 3. The van der Waals surface area contributed by atoms with Gasteiger partial charge in [-0.2, -0.15) is 23.3 Å². The second kappa shape index (κ2) is 10.6. The van der Waals surface area contributed by atoms with Crippen LogP contribution in [0.25, 0.3) is 22.2 Å². The van der Waals surface area contributed by atoms with Gasteiger partial charge in [0.15, 0.2) is 5.82 Å². The molecule has 1 aliphatic rings. The van der Waals surface area contributed by atoms with Crippen LogP contribution in [0.3, 0.4) is 0 Å². The third-order valence-corrected chi connectivity index (χ3v) is 6.82. The molecule has 210 valence electrons. The van der Waals surface area contributed by atoms with E-state index in [9.17, 15) is 18.0 Å². The van der Waals surface area contributed by atoms with Crippen molar-refractivity contribution in [3.05, 3.63) is 53.6 Å². The number of urea groups is 1. The first-order valence-electron chi connectivity index (χ1n) is 12.5. The maximum Gasteiger partial charge on any atom is 0.416 e. The first-order valence-corrected chi connectivity index (χ1v) is 12.5. The standard InChI is InChI=1S/C26H29F3N10O/c1-37-7-9-39(10-8-37)14-16-3-5-17(12-19(16)26(27,28)29)32-25(40)34-22-13-21(38(2)36-22)15-4-6-20-18(11-15)23(30)35-24(31)33-20/h3-6,11-13H,7-10,14H2,1-2H3,(H4,30,31,33,35)(H2,32,34,36,40). The summed E-state index contributed by atoms with van der Waals surface area (Å²) in [5.74, 6) is 0.513. The summed E-state index contributed by atoms with van der Waals surface area (Å²) in [7, 11) is 3.68. The summed E-state index contributed by atoms with van der Waals surface area (Å²) < 4.78 is 43.2. The first-order chi connectivity index (χ1) is 19.0. The number of benzene rings is 2. The number of rotatable bonds is 5. The van der Waals surface area contributed by atoms with Crippen LogP contribution in [0.2, 0.25) is 0 Å². The number of anilines is 4. The number of carbonyl (C=O) groups excluding carboxylic acids is 1. The molecule has 14 heteroatoms. The molecule has 2 aromatic carbocycles. The SMILES string of the molecule is CN1CCN(Cc2ccc(NC(=O)Nc3cc(-c4ccc5nc(N)nc(N)c5c4)n(C)n3)cc2C(F)(F)F)CC1. The van der Waals surface area contributed by atoms with Crippen LogP contribution in [-0.4, -0.2) is 68.8 Å².